The van der Waals surface area contributed by atoms with Crippen LogP contribution in [0.5, 0.6) is 0 Å². The summed E-state index contributed by atoms with van der Waals surface area (Å²) in [6.07, 6.45) is 19.8. The van der Waals surface area contributed by atoms with Crippen LogP contribution in [0, 0.1) is 29.6 Å². The number of cyclic esters (lactones) is 1. The van der Waals surface area contributed by atoms with Gasteiger partial charge in [0, 0.05) is 6.42 Å². The Labute approximate surface area is 171 Å². The lowest BCUT2D eigenvalue weighted by Gasteiger charge is -2.05. The van der Waals surface area contributed by atoms with Gasteiger partial charge in [-0.2, -0.15) is 0 Å². The third kappa shape index (κ3) is 12.4. The molecule has 3 nitrogen and oxygen atoms in total. The molecule has 154 valence electrons. The number of aliphatic hydroxyl groups is 1. The van der Waals surface area contributed by atoms with Gasteiger partial charge in [-0.3, -0.25) is 4.79 Å². The molecule has 0 amide bonds. The number of unbranched alkanes of at least 4 members (excludes halogenated alkanes) is 9. The fourth-order valence-electron chi connectivity index (χ4n) is 3.28. The molecule has 0 aliphatic carbocycles. The molecule has 0 bridgehead atoms. The maximum atomic E-state index is 11.6. The smallest absolute Gasteiger partial charge is 0.309 e. The number of hydrogen-bond acceptors (Lipinski definition) is 3. The molecule has 1 aliphatic rings. The summed E-state index contributed by atoms with van der Waals surface area (Å²) in [7, 11) is 0. The SMILES string of the molecule is C=CCC/C=C/C#CC#CCCCCCCCCCC[C@H]1C[C@@H](CO)OC1=O. The molecule has 1 rings (SSSR count). The highest BCUT2D eigenvalue weighted by Crippen LogP contribution is 2.26. The van der Waals surface area contributed by atoms with E-state index in [2.05, 4.69) is 30.3 Å². The third-order valence-corrected chi connectivity index (χ3v) is 4.93. The molecule has 1 saturated heterocycles. The minimum absolute atomic E-state index is 0.0104. The highest BCUT2D eigenvalue weighted by Gasteiger charge is 2.33. The van der Waals surface area contributed by atoms with Crippen LogP contribution in [0.2, 0.25) is 0 Å². The Hall–Kier alpha value is -1.97. The Morgan fingerprint density at radius 2 is 1.75 bits per heavy atom. The second-order valence-electron chi connectivity index (χ2n) is 7.38. The fraction of sp³-hybridized carbons (Fsp3) is 0.640. The Balaban J connectivity index is 1.87. The van der Waals surface area contributed by atoms with Gasteiger partial charge in [-0.15, -0.1) is 6.58 Å². The first kappa shape index (κ1) is 24.1. The lowest BCUT2D eigenvalue weighted by Crippen LogP contribution is -2.10. The molecule has 0 aromatic carbocycles. The van der Waals surface area contributed by atoms with Gasteiger partial charge < -0.3 is 9.84 Å². The molecule has 1 heterocycles. The van der Waals surface area contributed by atoms with Crippen LogP contribution < -0.4 is 0 Å². The maximum Gasteiger partial charge on any atom is 0.309 e. The lowest BCUT2D eigenvalue weighted by atomic mass is 9.97. The van der Waals surface area contributed by atoms with Crippen LogP contribution in [0.25, 0.3) is 0 Å². The average molecular weight is 385 g/mol. The summed E-state index contributed by atoms with van der Waals surface area (Å²) in [5, 5.41) is 9.03. The number of ether oxygens (including phenoxy) is 1. The van der Waals surface area contributed by atoms with Gasteiger partial charge in [0.1, 0.15) is 6.10 Å². The number of allylic oxidation sites excluding steroid dienone is 3. The first-order valence-corrected chi connectivity index (χ1v) is 10.8. The van der Waals surface area contributed by atoms with Crippen LogP contribution in [-0.4, -0.2) is 23.8 Å². The predicted octanol–water partition coefficient (Wildman–Crippen LogP) is 5.34. The molecule has 0 spiro atoms. The Kier molecular flexibility index (Phi) is 14.7. The van der Waals surface area contributed by atoms with E-state index in [1.807, 2.05) is 18.2 Å². The first-order chi connectivity index (χ1) is 13.8. The number of aliphatic hydroxyl groups excluding tert-OH is 1. The average Bonchev–Trinajstić information content (AvgIpc) is 3.07. The molecule has 0 aromatic heterocycles. The van der Waals surface area contributed by atoms with Crippen molar-refractivity contribution in [3.05, 3.63) is 24.8 Å². The van der Waals surface area contributed by atoms with Gasteiger partial charge in [0.25, 0.3) is 0 Å². The summed E-state index contributed by atoms with van der Waals surface area (Å²) in [6, 6.07) is 0. The van der Waals surface area contributed by atoms with Gasteiger partial charge in [-0.1, -0.05) is 68.9 Å². The van der Waals surface area contributed by atoms with E-state index in [1.165, 1.54) is 38.5 Å². The van der Waals surface area contributed by atoms with Gasteiger partial charge in [0.2, 0.25) is 0 Å². The van der Waals surface area contributed by atoms with E-state index in [0.717, 1.165) is 38.5 Å². The van der Waals surface area contributed by atoms with Crippen LogP contribution in [0.3, 0.4) is 0 Å². The van der Waals surface area contributed by atoms with Gasteiger partial charge in [0.15, 0.2) is 0 Å². The van der Waals surface area contributed by atoms with Crippen LogP contribution >= 0.6 is 0 Å². The zero-order chi connectivity index (χ0) is 20.3. The third-order valence-electron chi connectivity index (χ3n) is 4.93. The monoisotopic (exact) mass is 384 g/mol. The molecule has 1 N–H and O–H groups in total. The molecule has 3 heteroatoms. The van der Waals surface area contributed by atoms with Crippen molar-refractivity contribution in [2.75, 3.05) is 6.61 Å². The molecule has 0 aromatic rings. The number of hydrogen-bond donors (Lipinski definition) is 1. The number of rotatable bonds is 14. The van der Waals surface area contributed by atoms with Crippen molar-refractivity contribution in [3.8, 4) is 23.7 Å². The molecular formula is C25H36O3. The quantitative estimate of drug-likeness (QED) is 0.190. The van der Waals surface area contributed by atoms with Crippen molar-refractivity contribution in [2.24, 2.45) is 5.92 Å². The van der Waals surface area contributed by atoms with Crippen molar-refractivity contribution >= 4 is 5.97 Å². The van der Waals surface area contributed by atoms with Gasteiger partial charge in [-0.25, -0.2) is 0 Å². The highest BCUT2D eigenvalue weighted by molar-refractivity contribution is 5.74. The van der Waals surface area contributed by atoms with E-state index in [9.17, 15) is 4.79 Å². The number of esters is 1. The Morgan fingerprint density at radius 1 is 1.04 bits per heavy atom. The highest BCUT2D eigenvalue weighted by atomic mass is 16.6. The topological polar surface area (TPSA) is 46.5 Å². The van der Waals surface area contributed by atoms with E-state index < -0.39 is 0 Å². The summed E-state index contributed by atoms with van der Waals surface area (Å²) in [5.74, 6) is 11.7. The van der Waals surface area contributed by atoms with E-state index in [1.54, 1.807) is 0 Å². The van der Waals surface area contributed by atoms with E-state index in [-0.39, 0.29) is 24.6 Å². The van der Waals surface area contributed by atoms with E-state index in [0.29, 0.717) is 6.42 Å². The lowest BCUT2D eigenvalue weighted by molar-refractivity contribution is -0.145. The number of carbonyl (C=O) groups is 1. The summed E-state index contributed by atoms with van der Waals surface area (Å²) in [6.45, 7) is 3.63. The minimum Gasteiger partial charge on any atom is -0.460 e. The second-order valence-corrected chi connectivity index (χ2v) is 7.38. The minimum atomic E-state index is -0.265. The van der Waals surface area contributed by atoms with Crippen molar-refractivity contribution in [2.45, 2.75) is 89.6 Å². The molecule has 1 aliphatic heterocycles. The van der Waals surface area contributed by atoms with Crippen LogP contribution in [-0.2, 0) is 9.53 Å². The zero-order valence-corrected chi connectivity index (χ0v) is 17.3. The molecular weight excluding hydrogens is 348 g/mol. The van der Waals surface area contributed by atoms with Crippen LogP contribution in [0.1, 0.15) is 83.5 Å². The van der Waals surface area contributed by atoms with Crippen molar-refractivity contribution < 1.29 is 14.6 Å². The standard InChI is InChI=1S/C25H36O3/c1-2-3-4-5-6-7-8-9-10-11-12-13-14-15-16-17-18-19-20-23-21-24(22-26)28-25(23)27/h2,5-6,23-24,26H,1,3-4,11-22H2/b6-5+/t23-,24-/m0/s1. The maximum absolute atomic E-state index is 11.6. The van der Waals surface area contributed by atoms with E-state index >= 15 is 0 Å². The zero-order valence-electron chi connectivity index (χ0n) is 17.3. The summed E-state index contributed by atoms with van der Waals surface area (Å²) < 4.78 is 5.10. The second kappa shape index (κ2) is 17.2. The summed E-state index contributed by atoms with van der Waals surface area (Å²) in [5.41, 5.74) is 0. The molecule has 28 heavy (non-hydrogen) atoms. The molecule has 2 atom stereocenters. The predicted molar refractivity (Wildman–Crippen MR) is 115 cm³/mol. The summed E-state index contributed by atoms with van der Waals surface area (Å²) >= 11 is 0. The van der Waals surface area contributed by atoms with E-state index in [4.69, 9.17) is 9.84 Å². The molecule has 1 fully saturated rings. The number of carbonyl (C=O) groups excluding carboxylic acids is 1. The largest absolute Gasteiger partial charge is 0.460 e. The van der Waals surface area contributed by atoms with Crippen LogP contribution in [0.15, 0.2) is 24.8 Å². The van der Waals surface area contributed by atoms with Crippen LogP contribution in [0.4, 0.5) is 0 Å². The van der Waals surface area contributed by atoms with Gasteiger partial charge >= 0.3 is 5.97 Å². The van der Waals surface area contributed by atoms with Gasteiger partial charge in [-0.05, 0) is 50.0 Å². The van der Waals surface area contributed by atoms with Crippen molar-refractivity contribution in [1.29, 1.82) is 0 Å². The molecule has 0 radical (unpaired) electrons. The molecule has 0 unspecified atom stereocenters. The Morgan fingerprint density at radius 3 is 2.43 bits per heavy atom. The van der Waals surface area contributed by atoms with Crippen molar-refractivity contribution in [3.63, 3.8) is 0 Å². The van der Waals surface area contributed by atoms with Gasteiger partial charge in [0.05, 0.1) is 12.5 Å². The Bertz CT molecular complexity index is 582. The fourth-order valence-corrected chi connectivity index (χ4v) is 3.28. The summed E-state index contributed by atoms with van der Waals surface area (Å²) in [4.78, 5) is 11.6. The first-order valence-electron chi connectivity index (χ1n) is 10.8. The molecule has 0 saturated carbocycles. The normalized spacial score (nSPS) is 18.2. The van der Waals surface area contributed by atoms with Crippen molar-refractivity contribution in [1.82, 2.24) is 0 Å².